The summed E-state index contributed by atoms with van der Waals surface area (Å²) in [5, 5.41) is 11.3. The van der Waals surface area contributed by atoms with E-state index in [0.717, 1.165) is 19.6 Å². The molecular formula is C8H14N4. The van der Waals surface area contributed by atoms with Crippen molar-refractivity contribution in [2.45, 2.75) is 25.8 Å². The summed E-state index contributed by atoms with van der Waals surface area (Å²) in [4.78, 5) is 0. The molecule has 1 aromatic heterocycles. The van der Waals surface area contributed by atoms with Crippen molar-refractivity contribution in [3.05, 3.63) is 11.9 Å². The van der Waals surface area contributed by atoms with E-state index in [4.69, 9.17) is 0 Å². The maximum atomic E-state index is 4.02. The molecule has 4 heteroatoms. The molecule has 1 saturated heterocycles. The van der Waals surface area contributed by atoms with Gasteiger partial charge in [-0.15, -0.1) is 5.10 Å². The Labute approximate surface area is 72.0 Å². The van der Waals surface area contributed by atoms with E-state index in [1.165, 1.54) is 12.1 Å². The Morgan fingerprint density at radius 2 is 2.67 bits per heavy atom. The summed E-state index contributed by atoms with van der Waals surface area (Å²) in [7, 11) is 0. The number of hydrogen-bond acceptors (Lipinski definition) is 3. The van der Waals surface area contributed by atoms with Gasteiger partial charge in [-0.25, -0.2) is 4.68 Å². The molecule has 1 aliphatic heterocycles. The lowest BCUT2D eigenvalue weighted by molar-refractivity contribution is 0.566. The van der Waals surface area contributed by atoms with Gasteiger partial charge in [0.25, 0.3) is 0 Å². The van der Waals surface area contributed by atoms with Gasteiger partial charge in [0.1, 0.15) is 0 Å². The van der Waals surface area contributed by atoms with Gasteiger partial charge in [0.05, 0.1) is 11.9 Å². The first-order chi connectivity index (χ1) is 5.92. The van der Waals surface area contributed by atoms with Crippen LogP contribution in [0.25, 0.3) is 0 Å². The fraction of sp³-hybridized carbons (Fsp3) is 0.750. The van der Waals surface area contributed by atoms with Crippen LogP contribution in [0.2, 0.25) is 0 Å². The maximum Gasteiger partial charge on any atom is 0.0728 e. The van der Waals surface area contributed by atoms with Gasteiger partial charge in [0.2, 0.25) is 0 Å². The van der Waals surface area contributed by atoms with Gasteiger partial charge in [-0.05, 0) is 19.9 Å². The molecule has 0 radical (unpaired) electrons. The van der Waals surface area contributed by atoms with E-state index >= 15 is 0 Å². The highest BCUT2D eigenvalue weighted by atomic mass is 15.4. The van der Waals surface area contributed by atoms with Crippen molar-refractivity contribution in [3.63, 3.8) is 0 Å². The summed E-state index contributed by atoms with van der Waals surface area (Å²) in [6.45, 7) is 5.22. The normalized spacial score (nSPS) is 23.2. The Balaban J connectivity index is 2.19. The molecular weight excluding hydrogens is 152 g/mol. The number of aromatic nitrogens is 3. The van der Waals surface area contributed by atoms with Crippen LogP contribution in [-0.4, -0.2) is 28.1 Å². The molecule has 1 aliphatic rings. The zero-order valence-corrected chi connectivity index (χ0v) is 7.32. The van der Waals surface area contributed by atoms with Crippen LogP contribution in [-0.2, 0) is 6.54 Å². The van der Waals surface area contributed by atoms with Crippen molar-refractivity contribution in [1.29, 1.82) is 0 Å². The van der Waals surface area contributed by atoms with Crippen molar-refractivity contribution in [3.8, 4) is 0 Å². The number of hydrogen-bond donors (Lipinski definition) is 1. The molecule has 1 aromatic rings. The van der Waals surface area contributed by atoms with E-state index in [9.17, 15) is 0 Å². The van der Waals surface area contributed by atoms with Crippen molar-refractivity contribution in [1.82, 2.24) is 20.3 Å². The van der Waals surface area contributed by atoms with Crippen molar-refractivity contribution < 1.29 is 0 Å². The third-order valence-corrected chi connectivity index (χ3v) is 2.43. The molecule has 0 aliphatic carbocycles. The third-order valence-electron chi connectivity index (χ3n) is 2.43. The fourth-order valence-electron chi connectivity index (χ4n) is 1.73. The van der Waals surface area contributed by atoms with Gasteiger partial charge >= 0.3 is 0 Å². The van der Waals surface area contributed by atoms with Crippen LogP contribution in [0.15, 0.2) is 6.20 Å². The lowest BCUT2D eigenvalue weighted by Crippen LogP contribution is -2.11. The Kier molecular flexibility index (Phi) is 2.08. The molecule has 1 fully saturated rings. The lowest BCUT2D eigenvalue weighted by Gasteiger charge is -2.08. The van der Waals surface area contributed by atoms with Gasteiger partial charge in [0, 0.05) is 19.0 Å². The zero-order chi connectivity index (χ0) is 8.39. The molecule has 4 nitrogen and oxygen atoms in total. The first kappa shape index (κ1) is 7.73. The van der Waals surface area contributed by atoms with Crippen LogP contribution in [0, 0.1) is 0 Å². The van der Waals surface area contributed by atoms with E-state index in [1.54, 1.807) is 0 Å². The molecule has 0 spiro atoms. The van der Waals surface area contributed by atoms with Crippen molar-refractivity contribution in [2.24, 2.45) is 0 Å². The van der Waals surface area contributed by atoms with E-state index in [-0.39, 0.29) is 0 Å². The average molecular weight is 166 g/mol. The van der Waals surface area contributed by atoms with Crippen LogP contribution >= 0.6 is 0 Å². The smallest absolute Gasteiger partial charge is 0.0728 e. The van der Waals surface area contributed by atoms with Crippen molar-refractivity contribution >= 4 is 0 Å². The second-order valence-electron chi connectivity index (χ2n) is 3.16. The standard InChI is InChI=1S/C8H14N4/c1-2-12-8(6-10-11-12)7-3-4-9-5-7/h6-7,9H,2-5H2,1H3. The Bertz CT molecular complexity index is 249. The number of nitrogens with one attached hydrogen (secondary N) is 1. The zero-order valence-electron chi connectivity index (χ0n) is 7.32. The SMILES string of the molecule is CCn1nncc1C1CCNC1. The minimum absolute atomic E-state index is 0.625. The average Bonchev–Trinajstić information content (AvgIpc) is 2.74. The largest absolute Gasteiger partial charge is 0.316 e. The van der Waals surface area contributed by atoms with Crippen LogP contribution in [0.3, 0.4) is 0 Å². The molecule has 2 rings (SSSR count). The summed E-state index contributed by atoms with van der Waals surface area (Å²) in [5.74, 6) is 0.625. The van der Waals surface area contributed by atoms with Crippen molar-refractivity contribution in [2.75, 3.05) is 13.1 Å². The molecule has 2 heterocycles. The first-order valence-corrected chi connectivity index (χ1v) is 4.51. The lowest BCUT2D eigenvalue weighted by atomic mass is 10.1. The topological polar surface area (TPSA) is 42.7 Å². The minimum Gasteiger partial charge on any atom is -0.316 e. The maximum absolute atomic E-state index is 4.02. The summed E-state index contributed by atoms with van der Waals surface area (Å²) < 4.78 is 1.98. The minimum atomic E-state index is 0.625. The predicted molar refractivity (Wildman–Crippen MR) is 45.9 cm³/mol. The first-order valence-electron chi connectivity index (χ1n) is 4.51. The highest BCUT2D eigenvalue weighted by Gasteiger charge is 2.20. The molecule has 1 atom stereocenters. The molecule has 66 valence electrons. The van der Waals surface area contributed by atoms with Gasteiger partial charge in [-0.2, -0.15) is 0 Å². The summed E-state index contributed by atoms with van der Waals surface area (Å²) >= 11 is 0. The highest BCUT2D eigenvalue weighted by Crippen LogP contribution is 2.20. The van der Waals surface area contributed by atoms with Gasteiger partial charge in [-0.1, -0.05) is 5.21 Å². The second-order valence-corrected chi connectivity index (χ2v) is 3.16. The molecule has 0 amide bonds. The number of nitrogens with zero attached hydrogens (tertiary/aromatic N) is 3. The molecule has 0 aromatic carbocycles. The van der Waals surface area contributed by atoms with E-state index < -0.39 is 0 Å². The van der Waals surface area contributed by atoms with Gasteiger partial charge in [-0.3, -0.25) is 0 Å². The van der Waals surface area contributed by atoms with Crippen LogP contribution in [0.4, 0.5) is 0 Å². The summed E-state index contributed by atoms with van der Waals surface area (Å²) in [5.41, 5.74) is 1.28. The molecule has 0 saturated carbocycles. The summed E-state index contributed by atoms with van der Waals surface area (Å²) in [6.07, 6.45) is 3.11. The molecule has 12 heavy (non-hydrogen) atoms. The molecule has 0 bridgehead atoms. The van der Waals surface area contributed by atoms with Crippen LogP contribution in [0.1, 0.15) is 25.0 Å². The van der Waals surface area contributed by atoms with Gasteiger partial charge < -0.3 is 5.32 Å². The quantitative estimate of drug-likeness (QED) is 0.690. The Morgan fingerprint density at radius 1 is 1.75 bits per heavy atom. The Morgan fingerprint density at radius 3 is 3.33 bits per heavy atom. The van der Waals surface area contributed by atoms with E-state index in [0.29, 0.717) is 5.92 Å². The third kappa shape index (κ3) is 1.22. The van der Waals surface area contributed by atoms with E-state index in [1.807, 2.05) is 10.9 Å². The second kappa shape index (κ2) is 3.23. The number of rotatable bonds is 2. The van der Waals surface area contributed by atoms with Gasteiger partial charge in [0.15, 0.2) is 0 Å². The fourth-order valence-corrected chi connectivity index (χ4v) is 1.73. The summed E-state index contributed by atoms with van der Waals surface area (Å²) in [6, 6.07) is 0. The predicted octanol–water partition coefficient (Wildman–Crippen LogP) is 0.375. The number of aryl methyl sites for hydroxylation is 1. The van der Waals surface area contributed by atoms with Crippen LogP contribution < -0.4 is 5.32 Å². The molecule has 1 N–H and O–H groups in total. The Hall–Kier alpha value is -0.900. The monoisotopic (exact) mass is 166 g/mol. The molecule has 1 unspecified atom stereocenters. The van der Waals surface area contributed by atoms with E-state index in [2.05, 4.69) is 22.6 Å². The highest BCUT2D eigenvalue weighted by molar-refractivity contribution is 5.06. The van der Waals surface area contributed by atoms with Crippen LogP contribution in [0.5, 0.6) is 0 Å².